The van der Waals surface area contributed by atoms with Gasteiger partial charge in [-0.15, -0.1) is 11.6 Å². The number of alkyl halides is 1. The lowest BCUT2D eigenvalue weighted by Crippen LogP contribution is -2.59. The van der Waals surface area contributed by atoms with Gasteiger partial charge >= 0.3 is 0 Å². The largest absolute Gasteiger partial charge is 0.381 e. The minimum Gasteiger partial charge on any atom is -0.381 e. The first kappa shape index (κ1) is 34.5. The predicted octanol–water partition coefficient (Wildman–Crippen LogP) is 1.36. The van der Waals surface area contributed by atoms with E-state index in [2.05, 4.69) is 16.0 Å². The fraction of sp³-hybridized carbons (Fsp3) is 0.424. The normalized spacial score (nSPS) is 18.4. The fourth-order valence-corrected chi connectivity index (χ4v) is 5.95. The molecule has 2 aromatic carbocycles. The number of rotatable bonds is 11. The van der Waals surface area contributed by atoms with Crippen LogP contribution < -0.4 is 21.7 Å². The average molecular weight is 653 g/mol. The Morgan fingerprint density at radius 2 is 1.67 bits per heavy atom. The number of nitrogens with one attached hydrogen (secondary N) is 3. The van der Waals surface area contributed by atoms with E-state index >= 15 is 0 Å². The molecular weight excluding hydrogens is 612 g/mol. The maximum absolute atomic E-state index is 13.8. The van der Waals surface area contributed by atoms with Crippen LogP contribution >= 0.6 is 11.6 Å². The summed E-state index contributed by atoms with van der Waals surface area (Å²) >= 11 is 6.38. The minimum atomic E-state index is -1.79. The van der Waals surface area contributed by atoms with E-state index in [0.717, 1.165) is 5.52 Å². The highest BCUT2D eigenvalue weighted by atomic mass is 35.5. The summed E-state index contributed by atoms with van der Waals surface area (Å²) in [5.41, 5.74) is 6.67. The van der Waals surface area contributed by atoms with E-state index in [1.165, 1.54) is 4.90 Å². The summed E-state index contributed by atoms with van der Waals surface area (Å²) in [5, 5.41) is 19.7. The summed E-state index contributed by atoms with van der Waals surface area (Å²) in [6.45, 7) is 5.46. The van der Waals surface area contributed by atoms with Crippen LogP contribution in [0.25, 0.3) is 10.9 Å². The van der Waals surface area contributed by atoms with Crippen LogP contribution in [0.4, 0.5) is 0 Å². The molecule has 0 saturated carbocycles. The van der Waals surface area contributed by atoms with Gasteiger partial charge in [-0.2, -0.15) is 0 Å². The van der Waals surface area contributed by atoms with Gasteiger partial charge in [0.15, 0.2) is 6.10 Å². The number of nitrogens with zero attached hydrogens (tertiary/aromatic N) is 2. The average Bonchev–Trinajstić information content (AvgIpc) is 3.55. The van der Waals surface area contributed by atoms with Crippen molar-refractivity contribution in [1.82, 2.24) is 25.4 Å². The van der Waals surface area contributed by atoms with Crippen molar-refractivity contribution in [2.24, 2.45) is 12.8 Å². The Kier molecular flexibility index (Phi) is 10.7. The Bertz CT molecular complexity index is 1600. The van der Waals surface area contributed by atoms with Crippen LogP contribution in [0.15, 0.2) is 60.8 Å². The lowest BCUT2D eigenvalue weighted by Gasteiger charge is -2.32. The maximum Gasteiger partial charge on any atom is 0.254 e. The molecule has 1 fully saturated rings. The summed E-state index contributed by atoms with van der Waals surface area (Å²) in [7, 11) is 1.78. The fourth-order valence-electron chi connectivity index (χ4n) is 5.63. The van der Waals surface area contributed by atoms with E-state index in [9.17, 15) is 29.1 Å². The Labute approximate surface area is 272 Å². The third-order valence-corrected chi connectivity index (χ3v) is 8.08. The molecule has 0 spiro atoms. The van der Waals surface area contributed by atoms with Gasteiger partial charge in [-0.25, -0.2) is 0 Å². The number of fused-ring (bicyclic) bond motifs is 1. The van der Waals surface area contributed by atoms with Crippen LogP contribution in [0, 0.1) is 0 Å². The van der Waals surface area contributed by atoms with E-state index in [-0.39, 0.29) is 19.4 Å². The lowest BCUT2D eigenvalue weighted by atomic mass is 9.99. The number of aliphatic hydroxyl groups excluding tert-OH is 1. The van der Waals surface area contributed by atoms with Crippen molar-refractivity contribution in [3.63, 3.8) is 0 Å². The van der Waals surface area contributed by atoms with Crippen molar-refractivity contribution in [2.45, 2.75) is 75.2 Å². The number of aliphatic hydroxyl groups is 1. The zero-order chi connectivity index (χ0) is 33.8. The molecule has 5 atom stereocenters. The number of nitrogens with two attached hydrogens (primary N) is 1. The van der Waals surface area contributed by atoms with Gasteiger partial charge in [-0.1, -0.05) is 48.5 Å². The molecule has 4 rings (SSSR count). The molecule has 6 N–H and O–H groups in total. The lowest BCUT2D eigenvalue weighted by molar-refractivity contribution is -0.147. The molecule has 1 saturated heterocycles. The van der Waals surface area contributed by atoms with Crippen LogP contribution in [0.2, 0.25) is 0 Å². The molecule has 1 aliphatic rings. The highest BCUT2D eigenvalue weighted by molar-refractivity contribution is 6.21. The standard InChI is InChI=1S/C33H41ClN6O6/c1-33(2,3)38-31(45)26-15-20(34)17-40(26)32(46)28(42)23(14-19-10-6-5-7-11-19)36-30(44)24(16-27(35)41)37-29(43)22-18-39(4)25-13-9-8-12-21(22)25/h5-13,18,20,23-24,26,28,42H,14-17H2,1-4H3,(H2,35,41)(H,36,44)(H,37,43)(H,38,45)/t20-,23-,24-,26-,28-/m0/s1. The van der Waals surface area contributed by atoms with Gasteiger partial charge in [0.2, 0.25) is 17.7 Å². The SMILES string of the molecule is Cn1cc(C(=O)N[C@@H](CC(N)=O)C(=O)N[C@@H](Cc2ccccc2)[C@H](O)C(=O)N2C[C@@H](Cl)C[C@H]2C(=O)NC(C)(C)C)c2ccccc21. The Hall–Kier alpha value is -4.42. The maximum atomic E-state index is 13.8. The Morgan fingerprint density at radius 1 is 1.02 bits per heavy atom. The number of carbonyl (C=O) groups excluding carboxylic acids is 5. The van der Waals surface area contributed by atoms with Gasteiger partial charge < -0.3 is 36.3 Å². The van der Waals surface area contributed by atoms with Gasteiger partial charge in [0.1, 0.15) is 12.1 Å². The molecule has 1 aromatic heterocycles. The van der Waals surface area contributed by atoms with Crippen molar-refractivity contribution < 1.29 is 29.1 Å². The van der Waals surface area contributed by atoms with Crippen molar-refractivity contribution in [3.05, 3.63) is 71.9 Å². The molecule has 0 bridgehead atoms. The van der Waals surface area contributed by atoms with Gasteiger partial charge in [0, 0.05) is 36.2 Å². The number of aromatic nitrogens is 1. The number of para-hydroxylation sites is 1. The Balaban J connectivity index is 1.58. The molecule has 0 radical (unpaired) electrons. The van der Waals surface area contributed by atoms with Crippen LogP contribution in [0.1, 0.15) is 49.5 Å². The van der Waals surface area contributed by atoms with Crippen molar-refractivity contribution in [2.75, 3.05) is 6.54 Å². The predicted molar refractivity (Wildman–Crippen MR) is 174 cm³/mol. The molecule has 2 heterocycles. The van der Waals surface area contributed by atoms with Crippen LogP contribution in [-0.2, 0) is 32.6 Å². The van der Waals surface area contributed by atoms with Gasteiger partial charge in [0.25, 0.3) is 11.8 Å². The zero-order valence-corrected chi connectivity index (χ0v) is 27.1. The van der Waals surface area contributed by atoms with Gasteiger partial charge in [-0.05, 0) is 45.2 Å². The summed E-state index contributed by atoms with van der Waals surface area (Å²) in [6.07, 6.45) is -0.486. The summed E-state index contributed by atoms with van der Waals surface area (Å²) < 4.78 is 1.77. The van der Waals surface area contributed by atoms with Crippen molar-refractivity contribution >= 4 is 52.0 Å². The molecule has 12 nitrogen and oxygen atoms in total. The molecule has 0 unspecified atom stereocenters. The second-order valence-corrected chi connectivity index (χ2v) is 13.3. The molecule has 5 amide bonds. The molecule has 246 valence electrons. The number of benzene rings is 2. The van der Waals surface area contributed by atoms with Crippen molar-refractivity contribution in [3.8, 4) is 0 Å². The van der Waals surface area contributed by atoms with Crippen LogP contribution in [-0.4, -0.2) is 85.8 Å². The first-order valence-electron chi connectivity index (χ1n) is 15.1. The summed E-state index contributed by atoms with van der Waals surface area (Å²) in [5.74, 6) is -3.46. The highest BCUT2D eigenvalue weighted by Crippen LogP contribution is 2.25. The Morgan fingerprint density at radius 3 is 2.33 bits per heavy atom. The van der Waals surface area contributed by atoms with E-state index in [1.807, 2.05) is 32.9 Å². The summed E-state index contributed by atoms with van der Waals surface area (Å²) in [6, 6.07) is 12.6. The monoisotopic (exact) mass is 652 g/mol. The van der Waals surface area contributed by atoms with Gasteiger partial charge in [-0.3, -0.25) is 24.0 Å². The number of amides is 5. The number of hydrogen-bond acceptors (Lipinski definition) is 6. The molecule has 46 heavy (non-hydrogen) atoms. The van der Waals surface area contributed by atoms with Crippen LogP contribution in [0.5, 0.6) is 0 Å². The second-order valence-electron chi connectivity index (χ2n) is 12.7. The quantitative estimate of drug-likeness (QED) is 0.195. The molecular formula is C33H41ClN6O6. The van der Waals surface area contributed by atoms with E-state index in [1.54, 1.807) is 60.3 Å². The topological polar surface area (TPSA) is 176 Å². The number of halogens is 1. The number of hydrogen-bond donors (Lipinski definition) is 5. The third-order valence-electron chi connectivity index (χ3n) is 7.76. The van der Waals surface area contributed by atoms with Crippen molar-refractivity contribution in [1.29, 1.82) is 0 Å². The second kappa shape index (κ2) is 14.3. The zero-order valence-electron chi connectivity index (χ0n) is 26.3. The number of aryl methyl sites for hydroxylation is 1. The molecule has 0 aliphatic carbocycles. The number of carbonyl (C=O) groups is 5. The number of primary amides is 1. The van der Waals surface area contributed by atoms with E-state index < -0.39 is 71.1 Å². The summed E-state index contributed by atoms with van der Waals surface area (Å²) in [4.78, 5) is 67.1. The molecule has 3 aromatic rings. The first-order chi connectivity index (χ1) is 21.6. The third kappa shape index (κ3) is 8.43. The van der Waals surface area contributed by atoms with E-state index in [0.29, 0.717) is 16.5 Å². The smallest absolute Gasteiger partial charge is 0.254 e. The highest BCUT2D eigenvalue weighted by Gasteiger charge is 2.43. The minimum absolute atomic E-state index is 0.0248. The first-order valence-corrected chi connectivity index (χ1v) is 15.5. The van der Waals surface area contributed by atoms with Crippen LogP contribution in [0.3, 0.4) is 0 Å². The number of likely N-dealkylation sites (tertiary alicyclic amines) is 1. The van der Waals surface area contributed by atoms with Gasteiger partial charge in [0.05, 0.1) is 23.4 Å². The molecule has 1 aliphatic heterocycles. The van der Waals surface area contributed by atoms with E-state index in [4.69, 9.17) is 17.3 Å². The molecule has 13 heteroatoms.